The molecule has 4 heteroatoms. The first-order valence-electron chi connectivity index (χ1n) is 37.1. The minimum absolute atomic E-state index is 0.0866. The maximum absolute atomic E-state index is 2.48. The van der Waals surface area contributed by atoms with Gasteiger partial charge < -0.3 is 18.3 Å². The third kappa shape index (κ3) is 8.82. The van der Waals surface area contributed by atoms with E-state index >= 15 is 0 Å². The highest BCUT2D eigenvalue weighted by Crippen LogP contribution is 2.53. The van der Waals surface area contributed by atoms with Crippen LogP contribution in [0.5, 0.6) is 0 Å². The highest BCUT2D eigenvalue weighted by atomic mass is 15.0. The number of hydrogen-bond acceptors (Lipinski definition) is 0. The first-order valence-corrected chi connectivity index (χ1v) is 37.1. The van der Waals surface area contributed by atoms with Crippen molar-refractivity contribution in [3.8, 4) is 101 Å². The van der Waals surface area contributed by atoms with Gasteiger partial charge >= 0.3 is 0 Å². The van der Waals surface area contributed by atoms with E-state index in [0.29, 0.717) is 0 Å². The van der Waals surface area contributed by atoms with Gasteiger partial charge in [-0.3, -0.25) is 0 Å². The van der Waals surface area contributed by atoms with Gasteiger partial charge in [-0.25, -0.2) is 0 Å². The number of rotatable bonds is 9. The van der Waals surface area contributed by atoms with E-state index in [1.807, 2.05) is 0 Å². The van der Waals surface area contributed by atoms with Crippen molar-refractivity contribution >= 4 is 87.2 Å². The average molecular weight is 1350 g/mol. The first kappa shape index (κ1) is 60.3. The molecular formula is C102H70N4. The molecule has 0 saturated heterocycles. The summed E-state index contributed by atoms with van der Waals surface area (Å²) in [5, 5.41) is 9.95. The van der Waals surface area contributed by atoms with Gasteiger partial charge in [0.2, 0.25) is 0 Å². The molecule has 2 aliphatic carbocycles. The molecule has 0 amide bonds. The second kappa shape index (κ2) is 22.6. The molecule has 0 saturated carbocycles. The Balaban J connectivity index is 0.551. The zero-order chi connectivity index (χ0) is 70.3. The molecule has 4 nitrogen and oxygen atoms in total. The summed E-state index contributed by atoms with van der Waals surface area (Å²) < 4.78 is 9.83. The molecule has 0 bridgehead atoms. The Bertz CT molecular complexity index is 7120. The monoisotopic (exact) mass is 1350 g/mol. The van der Waals surface area contributed by atoms with Crippen LogP contribution in [-0.4, -0.2) is 18.3 Å². The van der Waals surface area contributed by atoms with Gasteiger partial charge in [-0.05, 0) is 216 Å². The van der Waals surface area contributed by atoms with Crippen LogP contribution in [0.4, 0.5) is 0 Å². The molecule has 0 N–H and O–H groups in total. The lowest BCUT2D eigenvalue weighted by molar-refractivity contribution is 0.660. The van der Waals surface area contributed by atoms with Crippen LogP contribution in [0.25, 0.3) is 188 Å². The molecule has 498 valence electrons. The normalized spacial score (nSPS) is 13.4. The summed E-state index contributed by atoms with van der Waals surface area (Å²) in [6.45, 7) is 9.54. The summed E-state index contributed by atoms with van der Waals surface area (Å²) in [6, 6.07) is 132. The Hall–Kier alpha value is -13.3. The predicted molar refractivity (Wildman–Crippen MR) is 446 cm³/mol. The van der Waals surface area contributed by atoms with Crippen molar-refractivity contribution in [1.29, 1.82) is 0 Å². The van der Waals surface area contributed by atoms with Crippen LogP contribution in [0.3, 0.4) is 0 Å². The average Bonchev–Trinajstić information content (AvgIpc) is 1.56. The van der Waals surface area contributed by atoms with Crippen LogP contribution < -0.4 is 0 Å². The topological polar surface area (TPSA) is 19.7 Å². The Kier molecular flexibility index (Phi) is 12.9. The van der Waals surface area contributed by atoms with E-state index in [9.17, 15) is 0 Å². The fraction of sp³-hybridized carbons (Fsp3) is 0.0588. The second-order valence-electron chi connectivity index (χ2n) is 30.4. The van der Waals surface area contributed by atoms with Gasteiger partial charge in [0.25, 0.3) is 0 Å². The van der Waals surface area contributed by atoms with Crippen molar-refractivity contribution in [2.45, 2.75) is 38.5 Å². The van der Waals surface area contributed by atoms with Crippen molar-refractivity contribution in [2.75, 3.05) is 0 Å². The lowest BCUT2D eigenvalue weighted by Gasteiger charge is -2.23. The first-order chi connectivity index (χ1) is 52.1. The number of nitrogens with zero attached hydrogens (tertiary/aromatic N) is 4. The molecule has 4 heterocycles. The number of para-hydroxylation sites is 5. The molecule has 0 unspecified atom stereocenters. The Morgan fingerprint density at radius 3 is 0.972 bits per heavy atom. The van der Waals surface area contributed by atoms with E-state index in [4.69, 9.17) is 0 Å². The van der Waals surface area contributed by atoms with Crippen LogP contribution in [0.2, 0.25) is 0 Å². The van der Waals surface area contributed by atoms with Crippen LogP contribution in [0.1, 0.15) is 49.9 Å². The quantitative estimate of drug-likeness (QED) is 0.137. The maximum atomic E-state index is 2.48. The fourth-order valence-electron chi connectivity index (χ4n) is 18.8. The van der Waals surface area contributed by atoms with Crippen molar-refractivity contribution in [3.63, 3.8) is 0 Å². The lowest BCUT2D eigenvalue weighted by Crippen LogP contribution is -2.15. The van der Waals surface area contributed by atoms with Crippen LogP contribution in [-0.2, 0) is 10.8 Å². The van der Waals surface area contributed by atoms with Crippen molar-refractivity contribution in [1.82, 2.24) is 18.3 Å². The number of fused-ring (bicyclic) bond motifs is 18. The molecule has 0 fully saturated rings. The SMILES string of the molecule is CC1(C)c2ccccc2-c2ccc(-n3c4ccccc4c4cc(-c5ccc6c(c5)c5ccccc5n6-c5cccc(-c6ccc(-c7ccc8c(c7)C(C)(C)c7cc(-n9c%10ccccc%10c%10cc(-c%11ccc%12c(c%11)c%11ccccc%11n%12-c%11ccccc%11-c%11ccccc%11)ccc%109)ccc7-8)cc6)c5)ccc43)cc21. The number of benzene rings is 16. The van der Waals surface area contributed by atoms with Crippen molar-refractivity contribution in [3.05, 3.63) is 374 Å². The largest absolute Gasteiger partial charge is 0.309 e. The Morgan fingerprint density at radius 1 is 0.170 bits per heavy atom. The molecule has 0 atom stereocenters. The van der Waals surface area contributed by atoms with Gasteiger partial charge in [0.05, 0.1) is 49.8 Å². The van der Waals surface area contributed by atoms with E-state index in [-0.39, 0.29) is 10.8 Å². The Morgan fingerprint density at radius 2 is 0.481 bits per heavy atom. The molecule has 0 spiro atoms. The Labute approximate surface area is 614 Å². The molecule has 22 rings (SSSR count). The number of aromatic nitrogens is 4. The third-order valence-electron chi connectivity index (χ3n) is 24.0. The summed E-state index contributed by atoms with van der Waals surface area (Å²) in [6.07, 6.45) is 0. The van der Waals surface area contributed by atoms with Gasteiger partial charge in [-0.15, -0.1) is 0 Å². The standard InChI is InChI=1S/C102H70N4/c1-101(2)88-31-14-8-26-76(88)78-49-46-73(61-90(78)101)104-94-34-17-11-28-81(94)85-57-68(43-52-98(85)104)67-42-51-97-84(56-67)80-27-10-16-33-93(80)103(97)72-24-20-23-66(55-72)63-37-39-64(40-38-63)71-41-48-77-79-50-47-74(62-91(79)102(3,4)89(77)60-71)105-95-35-18-12-29-82(95)86-58-69(44-53-99(86)105)70-45-54-100-87(59-70)83-30-13-19-36-96(83)106(100)92-32-15-9-25-75(92)65-21-6-5-7-22-65/h5-62H,1-4H3. The van der Waals surface area contributed by atoms with E-state index in [1.54, 1.807) is 0 Å². The summed E-state index contributed by atoms with van der Waals surface area (Å²) in [4.78, 5) is 0. The molecule has 4 aromatic heterocycles. The summed E-state index contributed by atoms with van der Waals surface area (Å²) >= 11 is 0. The summed E-state index contributed by atoms with van der Waals surface area (Å²) in [5.74, 6) is 0. The highest BCUT2D eigenvalue weighted by Gasteiger charge is 2.38. The molecule has 106 heavy (non-hydrogen) atoms. The zero-order valence-electron chi connectivity index (χ0n) is 59.3. The lowest BCUT2D eigenvalue weighted by atomic mass is 9.81. The van der Waals surface area contributed by atoms with E-state index in [1.165, 1.54) is 204 Å². The molecular weight excluding hydrogens is 1280 g/mol. The summed E-state index contributed by atoms with van der Waals surface area (Å²) in [5.41, 5.74) is 36.7. The van der Waals surface area contributed by atoms with Crippen LogP contribution in [0, 0.1) is 0 Å². The molecule has 16 aromatic carbocycles. The fourth-order valence-corrected chi connectivity index (χ4v) is 18.8. The van der Waals surface area contributed by atoms with Gasteiger partial charge in [0.1, 0.15) is 0 Å². The van der Waals surface area contributed by atoms with Gasteiger partial charge in [0, 0.05) is 76.5 Å². The smallest absolute Gasteiger partial charge is 0.0541 e. The number of hydrogen-bond donors (Lipinski definition) is 0. The van der Waals surface area contributed by atoms with Crippen molar-refractivity contribution in [2.24, 2.45) is 0 Å². The minimum atomic E-state index is -0.240. The van der Waals surface area contributed by atoms with Crippen LogP contribution >= 0.6 is 0 Å². The summed E-state index contributed by atoms with van der Waals surface area (Å²) in [7, 11) is 0. The second-order valence-corrected chi connectivity index (χ2v) is 30.4. The predicted octanol–water partition coefficient (Wildman–Crippen LogP) is 27.0. The maximum Gasteiger partial charge on any atom is 0.0541 e. The highest BCUT2D eigenvalue weighted by molar-refractivity contribution is 6.15. The van der Waals surface area contributed by atoms with E-state index < -0.39 is 0 Å². The minimum Gasteiger partial charge on any atom is -0.309 e. The van der Waals surface area contributed by atoms with E-state index in [2.05, 4.69) is 398 Å². The van der Waals surface area contributed by atoms with Gasteiger partial charge in [0.15, 0.2) is 0 Å². The van der Waals surface area contributed by atoms with Crippen LogP contribution in [0.15, 0.2) is 352 Å². The molecule has 20 aromatic rings. The van der Waals surface area contributed by atoms with Crippen molar-refractivity contribution < 1.29 is 0 Å². The van der Waals surface area contributed by atoms with E-state index in [0.717, 1.165) is 5.69 Å². The zero-order valence-corrected chi connectivity index (χ0v) is 59.3. The molecule has 0 aliphatic heterocycles. The van der Waals surface area contributed by atoms with Gasteiger partial charge in [-0.1, -0.05) is 258 Å². The van der Waals surface area contributed by atoms with Gasteiger partial charge in [-0.2, -0.15) is 0 Å². The molecule has 2 aliphatic rings. The molecule has 0 radical (unpaired) electrons. The third-order valence-corrected chi connectivity index (χ3v) is 24.0.